The fourth-order valence-electron chi connectivity index (χ4n) is 1.72. The molecule has 0 saturated heterocycles. The summed E-state index contributed by atoms with van der Waals surface area (Å²) in [7, 11) is 0. The molecule has 1 atom stereocenters. The predicted molar refractivity (Wildman–Crippen MR) is 62.4 cm³/mol. The molecule has 0 spiro atoms. The number of hydrogen-bond acceptors (Lipinski definition) is 3. The van der Waals surface area contributed by atoms with Crippen LogP contribution in [0.4, 0.5) is 0 Å². The Labute approximate surface area is 95.2 Å². The molecule has 1 aromatic rings. The third-order valence-electron chi connectivity index (χ3n) is 2.61. The fraction of sp³-hybridized carbons (Fsp3) is 0.385. The molecule has 1 aliphatic rings. The Kier molecular flexibility index (Phi) is 3.04. The van der Waals surface area contributed by atoms with E-state index in [4.69, 9.17) is 4.74 Å². The lowest BCUT2D eigenvalue weighted by molar-refractivity contribution is -0.137. The minimum atomic E-state index is -0.276. The average molecular weight is 217 g/mol. The first kappa shape index (κ1) is 10.9. The van der Waals surface area contributed by atoms with Crippen molar-refractivity contribution >= 4 is 11.7 Å². The summed E-state index contributed by atoms with van der Waals surface area (Å²) >= 11 is 0. The summed E-state index contributed by atoms with van der Waals surface area (Å²) < 4.78 is 5.15. The molecule has 1 aromatic carbocycles. The zero-order valence-corrected chi connectivity index (χ0v) is 9.51. The van der Waals surface area contributed by atoms with Gasteiger partial charge in [-0.15, -0.1) is 0 Å². The number of cyclic esters (lactones) is 1. The molecule has 0 unspecified atom stereocenters. The molecule has 1 heterocycles. The number of carbonyl (C=O) groups is 1. The van der Waals surface area contributed by atoms with Gasteiger partial charge in [-0.05, 0) is 5.56 Å². The molecule has 16 heavy (non-hydrogen) atoms. The van der Waals surface area contributed by atoms with Crippen LogP contribution in [0.5, 0.6) is 0 Å². The Bertz CT molecular complexity index is 409. The van der Waals surface area contributed by atoms with E-state index in [-0.39, 0.29) is 17.9 Å². The van der Waals surface area contributed by atoms with Crippen LogP contribution in [-0.4, -0.2) is 18.3 Å². The van der Waals surface area contributed by atoms with Crippen molar-refractivity contribution < 1.29 is 9.53 Å². The maximum absolute atomic E-state index is 11.5. The van der Waals surface area contributed by atoms with Crippen LogP contribution in [0.15, 0.2) is 35.3 Å². The summed E-state index contributed by atoms with van der Waals surface area (Å²) in [4.78, 5) is 15.9. The van der Waals surface area contributed by atoms with Gasteiger partial charge in [0, 0.05) is 5.92 Å². The SMILES string of the molecule is CC(C)C1=N[C@H](c2ccccc2)COC1=O. The van der Waals surface area contributed by atoms with Gasteiger partial charge in [0.1, 0.15) is 18.4 Å². The largest absolute Gasteiger partial charge is 0.459 e. The Morgan fingerprint density at radius 1 is 1.31 bits per heavy atom. The monoisotopic (exact) mass is 217 g/mol. The summed E-state index contributed by atoms with van der Waals surface area (Å²) in [5.41, 5.74) is 1.63. The molecule has 0 bridgehead atoms. The van der Waals surface area contributed by atoms with Crippen molar-refractivity contribution in [2.45, 2.75) is 19.9 Å². The van der Waals surface area contributed by atoms with Crippen LogP contribution >= 0.6 is 0 Å². The molecule has 0 saturated carbocycles. The molecule has 0 aromatic heterocycles. The van der Waals surface area contributed by atoms with E-state index in [1.54, 1.807) is 0 Å². The average Bonchev–Trinajstić information content (AvgIpc) is 2.30. The van der Waals surface area contributed by atoms with Gasteiger partial charge in [-0.1, -0.05) is 44.2 Å². The molecule has 3 heteroatoms. The first-order chi connectivity index (χ1) is 7.68. The third-order valence-corrected chi connectivity index (χ3v) is 2.61. The topological polar surface area (TPSA) is 38.7 Å². The molecule has 0 aliphatic carbocycles. The number of aliphatic imine (C=N–C) groups is 1. The Morgan fingerprint density at radius 3 is 2.62 bits per heavy atom. The quantitative estimate of drug-likeness (QED) is 0.713. The van der Waals surface area contributed by atoms with E-state index in [2.05, 4.69) is 4.99 Å². The van der Waals surface area contributed by atoms with E-state index in [0.717, 1.165) is 5.56 Å². The van der Waals surface area contributed by atoms with Crippen LogP contribution in [0.3, 0.4) is 0 Å². The second-order valence-corrected chi connectivity index (χ2v) is 4.19. The summed E-state index contributed by atoms with van der Waals surface area (Å²) in [5, 5.41) is 0. The van der Waals surface area contributed by atoms with E-state index in [1.165, 1.54) is 0 Å². The number of carbonyl (C=O) groups excluding carboxylic acids is 1. The van der Waals surface area contributed by atoms with Gasteiger partial charge in [0.15, 0.2) is 0 Å². The van der Waals surface area contributed by atoms with Crippen LogP contribution in [0.25, 0.3) is 0 Å². The van der Waals surface area contributed by atoms with Gasteiger partial charge in [-0.25, -0.2) is 4.79 Å². The molecular formula is C13H15NO2. The molecular weight excluding hydrogens is 202 g/mol. The standard InChI is InChI=1S/C13H15NO2/c1-9(2)12-13(15)16-8-11(14-12)10-6-4-3-5-7-10/h3-7,9,11H,8H2,1-2H3/t11-/m0/s1. The zero-order chi connectivity index (χ0) is 11.5. The minimum Gasteiger partial charge on any atom is -0.459 e. The van der Waals surface area contributed by atoms with Crippen molar-refractivity contribution in [2.75, 3.05) is 6.61 Å². The Morgan fingerprint density at radius 2 is 2.00 bits per heavy atom. The molecule has 1 aliphatic heterocycles. The van der Waals surface area contributed by atoms with E-state index in [0.29, 0.717) is 12.3 Å². The first-order valence-corrected chi connectivity index (χ1v) is 5.48. The zero-order valence-electron chi connectivity index (χ0n) is 9.51. The van der Waals surface area contributed by atoms with Gasteiger partial charge in [-0.3, -0.25) is 4.99 Å². The Balaban J connectivity index is 2.29. The molecule has 0 amide bonds. The summed E-state index contributed by atoms with van der Waals surface area (Å²) in [6, 6.07) is 9.87. The number of benzene rings is 1. The van der Waals surface area contributed by atoms with Crippen molar-refractivity contribution in [1.29, 1.82) is 0 Å². The summed E-state index contributed by atoms with van der Waals surface area (Å²) in [6.45, 7) is 4.25. The highest BCUT2D eigenvalue weighted by atomic mass is 16.5. The van der Waals surface area contributed by atoms with Gasteiger partial charge in [0.05, 0.1) is 0 Å². The number of hydrogen-bond donors (Lipinski definition) is 0. The van der Waals surface area contributed by atoms with Gasteiger partial charge < -0.3 is 4.74 Å². The van der Waals surface area contributed by atoms with Crippen molar-refractivity contribution in [3.05, 3.63) is 35.9 Å². The summed E-state index contributed by atoms with van der Waals surface area (Å²) in [5.74, 6) is -0.166. The normalized spacial score (nSPS) is 20.6. The van der Waals surface area contributed by atoms with E-state index >= 15 is 0 Å². The number of esters is 1. The molecule has 2 rings (SSSR count). The van der Waals surface area contributed by atoms with Crippen molar-refractivity contribution in [3.8, 4) is 0 Å². The van der Waals surface area contributed by atoms with Crippen LogP contribution in [-0.2, 0) is 9.53 Å². The van der Waals surface area contributed by atoms with E-state index < -0.39 is 0 Å². The lowest BCUT2D eigenvalue weighted by Crippen LogP contribution is -2.30. The highest BCUT2D eigenvalue weighted by Gasteiger charge is 2.26. The van der Waals surface area contributed by atoms with E-state index in [1.807, 2.05) is 44.2 Å². The predicted octanol–water partition coefficient (Wildman–Crippen LogP) is 2.38. The third kappa shape index (κ3) is 2.13. The molecule has 84 valence electrons. The second-order valence-electron chi connectivity index (χ2n) is 4.19. The van der Waals surface area contributed by atoms with Crippen LogP contribution in [0.1, 0.15) is 25.5 Å². The number of ether oxygens (including phenoxy) is 1. The van der Waals surface area contributed by atoms with Crippen molar-refractivity contribution in [3.63, 3.8) is 0 Å². The first-order valence-electron chi connectivity index (χ1n) is 5.48. The van der Waals surface area contributed by atoms with Gasteiger partial charge in [-0.2, -0.15) is 0 Å². The minimum absolute atomic E-state index is 0.0451. The van der Waals surface area contributed by atoms with Crippen molar-refractivity contribution in [2.24, 2.45) is 10.9 Å². The smallest absolute Gasteiger partial charge is 0.352 e. The van der Waals surface area contributed by atoms with Crippen LogP contribution in [0.2, 0.25) is 0 Å². The van der Waals surface area contributed by atoms with Crippen molar-refractivity contribution in [1.82, 2.24) is 0 Å². The molecule has 3 nitrogen and oxygen atoms in total. The maximum Gasteiger partial charge on any atom is 0.352 e. The van der Waals surface area contributed by atoms with E-state index in [9.17, 15) is 4.79 Å². The Hall–Kier alpha value is -1.64. The number of rotatable bonds is 2. The lowest BCUT2D eigenvalue weighted by atomic mass is 10.0. The second kappa shape index (κ2) is 4.47. The maximum atomic E-state index is 11.5. The molecule has 0 radical (unpaired) electrons. The van der Waals surface area contributed by atoms with Crippen LogP contribution < -0.4 is 0 Å². The van der Waals surface area contributed by atoms with Crippen LogP contribution in [0, 0.1) is 5.92 Å². The van der Waals surface area contributed by atoms with Gasteiger partial charge >= 0.3 is 5.97 Å². The molecule has 0 fully saturated rings. The van der Waals surface area contributed by atoms with Gasteiger partial charge in [0.2, 0.25) is 0 Å². The summed E-state index contributed by atoms with van der Waals surface area (Å²) in [6.07, 6.45) is 0. The lowest BCUT2D eigenvalue weighted by Gasteiger charge is -2.22. The highest BCUT2D eigenvalue weighted by Crippen LogP contribution is 2.22. The molecule has 0 N–H and O–H groups in total. The van der Waals surface area contributed by atoms with Gasteiger partial charge in [0.25, 0.3) is 0 Å². The fourth-order valence-corrected chi connectivity index (χ4v) is 1.72. The highest BCUT2D eigenvalue weighted by molar-refractivity contribution is 6.37. The number of nitrogens with zero attached hydrogens (tertiary/aromatic N) is 1.